The Morgan fingerprint density at radius 3 is 2.81 bits per heavy atom. The highest BCUT2D eigenvalue weighted by molar-refractivity contribution is 7.89. The molecule has 1 aliphatic heterocycles. The van der Waals surface area contributed by atoms with Gasteiger partial charge in [-0.2, -0.15) is 4.31 Å². The summed E-state index contributed by atoms with van der Waals surface area (Å²) < 4.78 is 40.2. The van der Waals surface area contributed by atoms with Crippen LogP contribution < -0.4 is 11.1 Å². The van der Waals surface area contributed by atoms with Crippen LogP contribution in [0, 0.1) is 5.82 Å². The van der Waals surface area contributed by atoms with Gasteiger partial charge in [0, 0.05) is 18.6 Å². The zero-order valence-corrected chi connectivity index (χ0v) is 12.8. The summed E-state index contributed by atoms with van der Waals surface area (Å²) >= 11 is 5.75. The molecule has 0 spiro atoms. The molecule has 1 saturated heterocycles. The number of nitrogens with zero attached hydrogens (tertiary/aromatic N) is 1. The van der Waals surface area contributed by atoms with E-state index in [4.69, 9.17) is 17.3 Å². The molecule has 1 amide bonds. The monoisotopic (exact) mass is 335 g/mol. The van der Waals surface area contributed by atoms with Crippen molar-refractivity contribution in [1.82, 2.24) is 9.62 Å². The highest BCUT2D eigenvalue weighted by atomic mass is 35.5. The van der Waals surface area contributed by atoms with Crippen LogP contribution in [0.5, 0.6) is 0 Å². The van der Waals surface area contributed by atoms with E-state index in [0.29, 0.717) is 12.8 Å². The van der Waals surface area contributed by atoms with Crippen molar-refractivity contribution < 1.29 is 17.6 Å². The first-order valence-corrected chi connectivity index (χ1v) is 8.08. The minimum Gasteiger partial charge on any atom is -0.396 e. The molecule has 9 heteroatoms. The molecule has 0 saturated carbocycles. The number of nitrogens with two attached hydrogens (primary N) is 1. The van der Waals surface area contributed by atoms with Crippen LogP contribution in [0.15, 0.2) is 17.0 Å². The Labute approximate surface area is 127 Å². The van der Waals surface area contributed by atoms with E-state index < -0.39 is 32.7 Å². The summed E-state index contributed by atoms with van der Waals surface area (Å²) in [7, 11) is -2.77. The lowest BCUT2D eigenvalue weighted by molar-refractivity contribution is -0.123. The third-order valence-corrected chi connectivity index (χ3v) is 5.50. The molecule has 0 radical (unpaired) electrons. The Morgan fingerprint density at radius 1 is 1.52 bits per heavy atom. The quantitative estimate of drug-likeness (QED) is 0.805. The van der Waals surface area contributed by atoms with Crippen molar-refractivity contribution in [2.75, 3.05) is 19.3 Å². The Balaban J connectivity index is 2.50. The van der Waals surface area contributed by atoms with Gasteiger partial charge in [0.05, 0.1) is 5.69 Å². The smallest absolute Gasteiger partial charge is 0.246 e. The molecule has 1 unspecified atom stereocenters. The van der Waals surface area contributed by atoms with Crippen molar-refractivity contribution in [1.29, 1.82) is 0 Å². The molecule has 1 fully saturated rings. The molecule has 21 heavy (non-hydrogen) atoms. The molecular formula is C12H15ClFN3O3S. The summed E-state index contributed by atoms with van der Waals surface area (Å²) in [5.41, 5.74) is 5.07. The summed E-state index contributed by atoms with van der Waals surface area (Å²) in [6, 6.07) is 1.29. The summed E-state index contributed by atoms with van der Waals surface area (Å²) in [6.45, 7) is 0.145. The molecule has 1 aliphatic rings. The van der Waals surface area contributed by atoms with Gasteiger partial charge in [-0.25, -0.2) is 12.8 Å². The van der Waals surface area contributed by atoms with Crippen LogP contribution in [0.3, 0.4) is 0 Å². The maximum atomic E-state index is 14.1. The highest BCUT2D eigenvalue weighted by Gasteiger charge is 2.40. The molecule has 1 atom stereocenters. The van der Waals surface area contributed by atoms with Crippen molar-refractivity contribution in [2.24, 2.45) is 0 Å². The Hall–Kier alpha value is -1.38. The van der Waals surface area contributed by atoms with Gasteiger partial charge >= 0.3 is 0 Å². The van der Waals surface area contributed by atoms with E-state index >= 15 is 0 Å². The predicted octanol–water partition coefficient (Wildman–Crippen LogP) is 0.960. The van der Waals surface area contributed by atoms with Gasteiger partial charge < -0.3 is 11.1 Å². The van der Waals surface area contributed by atoms with E-state index in [0.717, 1.165) is 16.4 Å². The number of nitrogens with one attached hydrogen (secondary N) is 1. The fraction of sp³-hybridized carbons (Fsp3) is 0.417. The summed E-state index contributed by atoms with van der Waals surface area (Å²) in [5.74, 6) is -1.48. The minimum absolute atomic E-state index is 0.0168. The summed E-state index contributed by atoms with van der Waals surface area (Å²) in [4.78, 5) is 11.2. The normalized spacial score (nSPS) is 19.7. The number of benzene rings is 1. The molecule has 3 N–H and O–H groups in total. The average molecular weight is 336 g/mol. The maximum Gasteiger partial charge on any atom is 0.246 e. The predicted molar refractivity (Wildman–Crippen MR) is 76.8 cm³/mol. The van der Waals surface area contributed by atoms with Crippen molar-refractivity contribution in [3.8, 4) is 0 Å². The number of carbonyl (C=O) groups excluding carboxylic acids is 1. The van der Waals surface area contributed by atoms with E-state index in [9.17, 15) is 17.6 Å². The van der Waals surface area contributed by atoms with Crippen molar-refractivity contribution in [3.05, 3.63) is 23.0 Å². The fourth-order valence-corrected chi connectivity index (χ4v) is 4.42. The summed E-state index contributed by atoms with van der Waals surface area (Å²) in [5, 5.41) is 2.43. The number of carbonyl (C=O) groups is 1. The SMILES string of the molecule is CNC(=O)C1CCCN1S(=O)(=O)c1cc(Cl)cc(N)c1F. The van der Waals surface area contributed by atoms with E-state index in [1.165, 1.54) is 7.05 Å². The van der Waals surface area contributed by atoms with Gasteiger partial charge in [0.2, 0.25) is 15.9 Å². The maximum absolute atomic E-state index is 14.1. The van der Waals surface area contributed by atoms with Crippen molar-refractivity contribution in [3.63, 3.8) is 0 Å². The molecule has 0 aliphatic carbocycles. The van der Waals surface area contributed by atoms with E-state index in [2.05, 4.69) is 5.32 Å². The number of anilines is 1. The number of sulfonamides is 1. The third kappa shape index (κ3) is 2.83. The Morgan fingerprint density at radius 2 is 2.19 bits per heavy atom. The minimum atomic E-state index is -4.19. The van der Waals surface area contributed by atoms with Crippen LogP contribution in [0.2, 0.25) is 5.02 Å². The van der Waals surface area contributed by atoms with E-state index in [-0.39, 0.29) is 17.3 Å². The van der Waals surface area contributed by atoms with Gasteiger partial charge in [0.1, 0.15) is 10.9 Å². The number of hydrogen-bond donors (Lipinski definition) is 2. The Kier molecular flexibility index (Phi) is 4.40. The number of hydrogen-bond acceptors (Lipinski definition) is 4. The van der Waals surface area contributed by atoms with Crippen molar-refractivity contribution in [2.45, 2.75) is 23.8 Å². The molecular weight excluding hydrogens is 321 g/mol. The van der Waals surface area contributed by atoms with Crippen LogP contribution in [0.4, 0.5) is 10.1 Å². The van der Waals surface area contributed by atoms with Crippen molar-refractivity contribution >= 4 is 33.2 Å². The van der Waals surface area contributed by atoms with Gasteiger partial charge in [0.15, 0.2) is 5.82 Å². The highest BCUT2D eigenvalue weighted by Crippen LogP contribution is 2.31. The lowest BCUT2D eigenvalue weighted by Crippen LogP contribution is -2.45. The fourth-order valence-electron chi connectivity index (χ4n) is 2.35. The lowest BCUT2D eigenvalue weighted by atomic mass is 10.2. The van der Waals surface area contributed by atoms with Gasteiger partial charge in [0.25, 0.3) is 0 Å². The largest absolute Gasteiger partial charge is 0.396 e. The standard InChI is InChI=1S/C12H15ClFN3O3S/c1-16-12(18)9-3-2-4-17(9)21(19,20)10-6-7(13)5-8(15)11(10)14/h5-6,9H,2-4,15H2,1H3,(H,16,18). The van der Waals surface area contributed by atoms with Gasteiger partial charge in [-0.3, -0.25) is 4.79 Å². The molecule has 0 aromatic heterocycles. The second-order valence-corrected chi connectivity index (χ2v) is 6.99. The van der Waals surface area contributed by atoms with Crippen LogP contribution in [-0.4, -0.2) is 38.3 Å². The van der Waals surface area contributed by atoms with Crippen LogP contribution in [0.25, 0.3) is 0 Å². The topological polar surface area (TPSA) is 92.5 Å². The molecule has 2 rings (SSSR count). The molecule has 1 aromatic rings. The third-order valence-electron chi connectivity index (χ3n) is 3.37. The first-order chi connectivity index (χ1) is 9.78. The zero-order valence-electron chi connectivity index (χ0n) is 11.3. The second-order valence-electron chi connectivity index (χ2n) is 4.70. The van der Waals surface area contributed by atoms with E-state index in [1.54, 1.807) is 0 Å². The van der Waals surface area contributed by atoms with Gasteiger partial charge in [-0.15, -0.1) is 0 Å². The first kappa shape index (κ1) is 16.0. The number of halogens is 2. The zero-order chi connectivity index (χ0) is 15.8. The second kappa shape index (κ2) is 5.78. The van der Waals surface area contributed by atoms with Crippen LogP contribution in [-0.2, 0) is 14.8 Å². The molecule has 1 aromatic carbocycles. The van der Waals surface area contributed by atoms with Crippen LogP contribution >= 0.6 is 11.6 Å². The number of likely N-dealkylation sites (N-methyl/N-ethyl adjacent to an activating group) is 1. The molecule has 6 nitrogen and oxygen atoms in total. The summed E-state index contributed by atoms with van der Waals surface area (Å²) in [6.07, 6.45) is 0.908. The average Bonchev–Trinajstić information content (AvgIpc) is 2.91. The number of rotatable bonds is 3. The molecule has 116 valence electrons. The van der Waals surface area contributed by atoms with Gasteiger partial charge in [-0.05, 0) is 25.0 Å². The number of amides is 1. The number of nitrogen functional groups attached to an aromatic ring is 1. The molecule has 0 bridgehead atoms. The van der Waals surface area contributed by atoms with Gasteiger partial charge in [-0.1, -0.05) is 11.6 Å². The molecule has 1 heterocycles. The van der Waals surface area contributed by atoms with E-state index in [1.807, 2.05) is 0 Å². The lowest BCUT2D eigenvalue weighted by Gasteiger charge is -2.23. The Bertz CT molecular complexity index is 681. The first-order valence-electron chi connectivity index (χ1n) is 6.27. The van der Waals surface area contributed by atoms with Crippen LogP contribution in [0.1, 0.15) is 12.8 Å².